The van der Waals surface area contributed by atoms with Gasteiger partial charge in [0, 0.05) is 12.5 Å². The Hall–Kier alpha value is -0.120. The second-order valence-corrected chi connectivity index (χ2v) is 2.03. The molecule has 0 fully saturated rings. The number of carbonyl (C=O) groups is 2. The van der Waals surface area contributed by atoms with Gasteiger partial charge in [0.25, 0.3) is 0 Å². The van der Waals surface area contributed by atoms with Gasteiger partial charge in [-0.25, -0.2) is 4.79 Å². The fourth-order valence-electron chi connectivity index (χ4n) is 0.464. The SMILES string of the molecule is C/C=C/C=C/C(=O)OC(=O)CC.[Ca+2].[H-].[H-]. The van der Waals surface area contributed by atoms with Gasteiger partial charge >= 0.3 is 49.7 Å². The monoisotopic (exact) mass is 210 g/mol. The van der Waals surface area contributed by atoms with Gasteiger partial charge in [-0.05, 0) is 6.92 Å². The van der Waals surface area contributed by atoms with Gasteiger partial charge in [0.2, 0.25) is 0 Å². The normalized spacial score (nSPS) is 10.0. The maximum atomic E-state index is 10.7. The molecule has 0 aliphatic heterocycles. The van der Waals surface area contributed by atoms with E-state index in [0.29, 0.717) is 0 Å². The smallest absolute Gasteiger partial charge is 1.00 e. The zero-order chi connectivity index (χ0) is 9.40. The van der Waals surface area contributed by atoms with E-state index in [1.807, 2.05) is 6.92 Å². The molecular weight excluding hydrogens is 196 g/mol. The maximum Gasteiger partial charge on any atom is 2.00 e. The van der Waals surface area contributed by atoms with Crippen LogP contribution in [0.3, 0.4) is 0 Å². The Morgan fingerprint density at radius 2 is 2.00 bits per heavy atom. The van der Waals surface area contributed by atoms with Crippen LogP contribution in [0.15, 0.2) is 24.3 Å². The minimum absolute atomic E-state index is 0. The van der Waals surface area contributed by atoms with E-state index >= 15 is 0 Å². The van der Waals surface area contributed by atoms with Gasteiger partial charge in [-0.1, -0.05) is 25.2 Å². The van der Waals surface area contributed by atoms with Crippen molar-refractivity contribution in [3.63, 3.8) is 0 Å². The molecule has 0 spiro atoms. The van der Waals surface area contributed by atoms with Gasteiger partial charge in [0.05, 0.1) is 0 Å². The van der Waals surface area contributed by atoms with Crippen LogP contribution in [-0.2, 0) is 14.3 Å². The summed E-state index contributed by atoms with van der Waals surface area (Å²) in [6.07, 6.45) is 6.38. The Labute approximate surface area is 111 Å². The molecule has 0 aliphatic rings. The molecule has 13 heavy (non-hydrogen) atoms. The molecule has 0 atom stereocenters. The average molecular weight is 210 g/mol. The van der Waals surface area contributed by atoms with E-state index in [4.69, 9.17) is 0 Å². The second kappa shape index (κ2) is 9.96. The van der Waals surface area contributed by atoms with Crippen LogP contribution in [0, 0.1) is 0 Å². The van der Waals surface area contributed by atoms with E-state index in [0.717, 1.165) is 0 Å². The molecule has 0 amide bonds. The average Bonchev–Trinajstić information content (AvgIpc) is 2.05. The summed E-state index contributed by atoms with van der Waals surface area (Å²) < 4.78 is 4.35. The van der Waals surface area contributed by atoms with Crippen molar-refractivity contribution < 1.29 is 17.2 Å². The van der Waals surface area contributed by atoms with Crippen LogP contribution in [0.25, 0.3) is 0 Å². The number of esters is 2. The van der Waals surface area contributed by atoms with Crippen molar-refractivity contribution in [2.24, 2.45) is 0 Å². The van der Waals surface area contributed by atoms with E-state index in [1.54, 1.807) is 19.1 Å². The van der Waals surface area contributed by atoms with E-state index in [9.17, 15) is 9.59 Å². The Morgan fingerprint density at radius 3 is 2.46 bits per heavy atom. The van der Waals surface area contributed by atoms with Crippen LogP contribution in [-0.4, -0.2) is 49.7 Å². The summed E-state index contributed by atoms with van der Waals surface area (Å²) in [5.74, 6) is -1.13. The van der Waals surface area contributed by atoms with Crippen LogP contribution in [0.5, 0.6) is 0 Å². The topological polar surface area (TPSA) is 43.4 Å². The van der Waals surface area contributed by atoms with Crippen molar-refractivity contribution >= 4 is 49.7 Å². The van der Waals surface area contributed by atoms with Crippen LogP contribution in [0.1, 0.15) is 23.1 Å². The predicted molar refractivity (Wildman–Crippen MR) is 53.3 cm³/mol. The van der Waals surface area contributed by atoms with E-state index in [-0.39, 0.29) is 47.0 Å². The first kappa shape index (κ1) is 15.4. The number of carbonyl (C=O) groups excluding carboxylic acids is 2. The first-order valence-corrected chi connectivity index (χ1v) is 3.74. The van der Waals surface area contributed by atoms with Crippen LogP contribution in [0.4, 0.5) is 0 Å². The minimum atomic E-state index is -0.625. The molecule has 0 saturated carbocycles. The quantitative estimate of drug-likeness (QED) is 0.233. The molecule has 70 valence electrons. The summed E-state index contributed by atoms with van der Waals surface area (Å²) in [5.41, 5.74) is 0. The largest absolute Gasteiger partial charge is 2.00 e. The molecule has 0 aromatic carbocycles. The standard InChI is InChI=1S/C9H12O3.Ca.2H/c1-3-5-6-7-9(11)12-8(10)4-2;;;/h3,5-7H,4H2,1-2H3;;;/q;+2;2*-1/b5-3+,7-6+;;;. The minimum Gasteiger partial charge on any atom is -1.00 e. The summed E-state index contributed by atoms with van der Waals surface area (Å²) in [6, 6.07) is 0. The number of rotatable bonds is 3. The first-order chi connectivity index (χ1) is 5.70. The molecule has 4 heteroatoms. The Kier molecular flexibility index (Phi) is 11.8. The molecule has 0 aromatic heterocycles. The fourth-order valence-corrected chi connectivity index (χ4v) is 0.464. The summed E-state index contributed by atoms with van der Waals surface area (Å²) in [7, 11) is 0. The summed E-state index contributed by atoms with van der Waals surface area (Å²) in [6.45, 7) is 3.46. The molecule has 0 aromatic rings. The molecule has 0 N–H and O–H groups in total. The molecule has 0 rings (SSSR count). The van der Waals surface area contributed by atoms with Gasteiger partial charge in [0.1, 0.15) is 0 Å². The number of allylic oxidation sites excluding steroid dienone is 3. The van der Waals surface area contributed by atoms with E-state index < -0.39 is 11.9 Å². The summed E-state index contributed by atoms with van der Waals surface area (Å²) >= 11 is 0. The number of hydrogen-bond acceptors (Lipinski definition) is 3. The molecule has 0 unspecified atom stereocenters. The fraction of sp³-hybridized carbons (Fsp3) is 0.333. The Bertz CT molecular complexity index is 227. The predicted octanol–water partition coefficient (Wildman–Crippen LogP) is 1.44. The third kappa shape index (κ3) is 9.80. The summed E-state index contributed by atoms with van der Waals surface area (Å²) in [5, 5.41) is 0. The van der Waals surface area contributed by atoms with Crippen molar-refractivity contribution in [3.8, 4) is 0 Å². The van der Waals surface area contributed by atoms with Crippen molar-refractivity contribution in [1.29, 1.82) is 0 Å². The molecule has 0 radical (unpaired) electrons. The third-order valence-corrected chi connectivity index (χ3v) is 1.04. The number of ether oxygens (including phenoxy) is 1. The molecule has 0 bridgehead atoms. The molecule has 3 nitrogen and oxygen atoms in total. The zero-order valence-corrected chi connectivity index (χ0v) is 10.2. The summed E-state index contributed by atoms with van der Waals surface area (Å²) in [4.78, 5) is 21.3. The first-order valence-electron chi connectivity index (χ1n) is 3.74. The Morgan fingerprint density at radius 1 is 1.38 bits per heavy atom. The van der Waals surface area contributed by atoms with Gasteiger partial charge < -0.3 is 7.59 Å². The molecule has 0 saturated heterocycles. The van der Waals surface area contributed by atoms with Crippen LogP contribution in [0.2, 0.25) is 0 Å². The van der Waals surface area contributed by atoms with Crippen LogP contribution < -0.4 is 0 Å². The van der Waals surface area contributed by atoms with Crippen molar-refractivity contribution in [2.75, 3.05) is 0 Å². The molecule has 0 aliphatic carbocycles. The second-order valence-electron chi connectivity index (χ2n) is 2.03. The van der Waals surface area contributed by atoms with Crippen molar-refractivity contribution in [3.05, 3.63) is 24.3 Å². The van der Waals surface area contributed by atoms with Crippen molar-refractivity contribution in [1.82, 2.24) is 0 Å². The van der Waals surface area contributed by atoms with Gasteiger partial charge in [-0.2, -0.15) is 0 Å². The van der Waals surface area contributed by atoms with E-state index in [1.165, 1.54) is 12.2 Å². The van der Waals surface area contributed by atoms with Gasteiger partial charge in [-0.15, -0.1) is 0 Å². The molecular formula is C9H14CaO3. The van der Waals surface area contributed by atoms with Crippen molar-refractivity contribution in [2.45, 2.75) is 20.3 Å². The van der Waals surface area contributed by atoms with Gasteiger partial charge in [0.15, 0.2) is 0 Å². The third-order valence-electron chi connectivity index (χ3n) is 1.04. The van der Waals surface area contributed by atoms with E-state index in [2.05, 4.69) is 4.74 Å². The zero-order valence-electron chi connectivity index (χ0n) is 9.95. The molecule has 0 heterocycles. The van der Waals surface area contributed by atoms with Gasteiger partial charge in [-0.3, -0.25) is 4.79 Å². The number of hydrogen-bond donors (Lipinski definition) is 0. The Balaban J connectivity index is -0.000000202. The van der Waals surface area contributed by atoms with Crippen LogP contribution >= 0.6 is 0 Å². The maximum absolute atomic E-state index is 10.7.